The molecule has 2 rings (SSSR count). The summed E-state index contributed by atoms with van der Waals surface area (Å²) in [5.41, 5.74) is 1.11. The molecule has 130 valence electrons. The number of likely N-dealkylation sites (N-methyl/N-ethyl adjacent to an activating group) is 2. The predicted molar refractivity (Wildman–Crippen MR) is 99.3 cm³/mol. The van der Waals surface area contributed by atoms with Crippen molar-refractivity contribution in [2.75, 3.05) is 33.2 Å². The van der Waals surface area contributed by atoms with Crippen molar-refractivity contribution >= 4 is 17.3 Å². The molecule has 1 aliphatic heterocycles. The van der Waals surface area contributed by atoms with Crippen molar-refractivity contribution in [1.29, 1.82) is 0 Å². The highest BCUT2D eigenvalue weighted by Gasteiger charge is 2.24. The Balaban J connectivity index is 2.01. The molecule has 0 aliphatic carbocycles. The number of hydrogen-bond donors (Lipinski definition) is 1. The van der Waals surface area contributed by atoms with Crippen LogP contribution in [0.1, 0.15) is 42.3 Å². The zero-order valence-electron chi connectivity index (χ0n) is 15.2. The van der Waals surface area contributed by atoms with E-state index in [1.807, 2.05) is 0 Å². The third-order valence-electron chi connectivity index (χ3n) is 4.46. The molecule has 1 saturated heterocycles. The van der Waals surface area contributed by atoms with Gasteiger partial charge >= 0.3 is 0 Å². The van der Waals surface area contributed by atoms with Crippen molar-refractivity contribution in [3.63, 3.8) is 0 Å². The van der Waals surface area contributed by atoms with E-state index in [4.69, 9.17) is 4.99 Å². The van der Waals surface area contributed by atoms with E-state index in [0.717, 1.165) is 36.3 Å². The second-order valence-corrected chi connectivity index (χ2v) is 7.50. The van der Waals surface area contributed by atoms with Crippen LogP contribution in [0.3, 0.4) is 0 Å². The third kappa shape index (κ3) is 4.91. The molecule has 0 saturated carbocycles. The average molecular weight is 338 g/mol. The zero-order valence-corrected chi connectivity index (χ0v) is 16.0. The lowest BCUT2D eigenvalue weighted by molar-refractivity contribution is 0.232. The van der Waals surface area contributed by atoms with Crippen molar-refractivity contribution in [1.82, 2.24) is 20.1 Å². The first kappa shape index (κ1) is 18.2. The van der Waals surface area contributed by atoms with Gasteiger partial charge in [-0.2, -0.15) is 0 Å². The smallest absolute Gasteiger partial charge is 0.194 e. The van der Waals surface area contributed by atoms with Crippen molar-refractivity contribution in [2.24, 2.45) is 4.99 Å². The van der Waals surface area contributed by atoms with Gasteiger partial charge in [0.2, 0.25) is 0 Å². The molecule has 0 bridgehead atoms. The SMILES string of the molecule is CCNC(=NCc1sc(C)nc1C)N(C)CC1CCCN1CC. The minimum atomic E-state index is 0.654. The Labute approximate surface area is 144 Å². The van der Waals surface area contributed by atoms with Gasteiger partial charge in [-0.3, -0.25) is 4.90 Å². The Morgan fingerprint density at radius 1 is 1.43 bits per heavy atom. The van der Waals surface area contributed by atoms with Gasteiger partial charge in [-0.05, 0) is 46.7 Å². The molecule has 1 fully saturated rings. The fourth-order valence-electron chi connectivity index (χ4n) is 3.26. The monoisotopic (exact) mass is 337 g/mol. The Bertz CT molecular complexity index is 525. The van der Waals surface area contributed by atoms with Gasteiger partial charge in [-0.1, -0.05) is 6.92 Å². The van der Waals surface area contributed by atoms with Gasteiger partial charge in [-0.15, -0.1) is 11.3 Å². The molecule has 5 nitrogen and oxygen atoms in total. The molecule has 1 unspecified atom stereocenters. The van der Waals surface area contributed by atoms with E-state index in [-0.39, 0.29) is 0 Å². The van der Waals surface area contributed by atoms with Crippen LogP contribution in [0, 0.1) is 13.8 Å². The van der Waals surface area contributed by atoms with Gasteiger partial charge in [0.25, 0.3) is 0 Å². The van der Waals surface area contributed by atoms with E-state index in [9.17, 15) is 0 Å². The van der Waals surface area contributed by atoms with E-state index in [0.29, 0.717) is 12.6 Å². The topological polar surface area (TPSA) is 43.8 Å². The van der Waals surface area contributed by atoms with Gasteiger partial charge in [0.05, 0.1) is 17.2 Å². The molecule has 0 amide bonds. The summed E-state index contributed by atoms with van der Waals surface area (Å²) < 4.78 is 0. The maximum Gasteiger partial charge on any atom is 0.194 e. The highest BCUT2D eigenvalue weighted by molar-refractivity contribution is 7.11. The quantitative estimate of drug-likeness (QED) is 0.640. The molecule has 2 heterocycles. The second-order valence-electron chi connectivity index (χ2n) is 6.22. The van der Waals surface area contributed by atoms with Crippen LogP contribution in [0.4, 0.5) is 0 Å². The van der Waals surface area contributed by atoms with Gasteiger partial charge in [0, 0.05) is 31.1 Å². The summed E-state index contributed by atoms with van der Waals surface area (Å²) in [5, 5.41) is 4.55. The van der Waals surface area contributed by atoms with E-state index < -0.39 is 0 Å². The fourth-order valence-corrected chi connectivity index (χ4v) is 4.12. The highest BCUT2D eigenvalue weighted by atomic mass is 32.1. The van der Waals surface area contributed by atoms with E-state index >= 15 is 0 Å². The molecule has 1 N–H and O–H groups in total. The summed E-state index contributed by atoms with van der Waals surface area (Å²) >= 11 is 1.75. The molecule has 0 radical (unpaired) electrons. The molecular weight excluding hydrogens is 306 g/mol. The number of aliphatic imine (C=N–C) groups is 1. The first-order chi connectivity index (χ1) is 11.0. The number of hydrogen-bond acceptors (Lipinski definition) is 4. The van der Waals surface area contributed by atoms with Crippen LogP contribution < -0.4 is 5.32 Å². The number of nitrogens with zero attached hydrogens (tertiary/aromatic N) is 4. The van der Waals surface area contributed by atoms with Gasteiger partial charge in [-0.25, -0.2) is 9.98 Å². The number of aromatic nitrogens is 1. The zero-order chi connectivity index (χ0) is 16.8. The molecule has 1 aliphatic rings. The number of guanidine groups is 1. The third-order valence-corrected chi connectivity index (χ3v) is 5.52. The van der Waals surface area contributed by atoms with Crippen LogP contribution in [0.5, 0.6) is 0 Å². The summed E-state index contributed by atoms with van der Waals surface area (Å²) in [6.07, 6.45) is 2.62. The number of rotatable bonds is 6. The van der Waals surface area contributed by atoms with Gasteiger partial charge in [0.1, 0.15) is 0 Å². The Morgan fingerprint density at radius 3 is 2.83 bits per heavy atom. The summed E-state index contributed by atoms with van der Waals surface area (Å²) in [4.78, 5) is 15.5. The largest absolute Gasteiger partial charge is 0.357 e. The van der Waals surface area contributed by atoms with Crippen molar-refractivity contribution in [2.45, 2.75) is 53.1 Å². The standard InChI is InChI=1S/C17H31N5S/c1-6-18-17(19-11-16-13(3)20-14(4)23-16)21(5)12-15-9-8-10-22(15)7-2/h15H,6-12H2,1-5H3,(H,18,19). The Hall–Kier alpha value is -1.14. The van der Waals surface area contributed by atoms with Crippen LogP contribution in [0.25, 0.3) is 0 Å². The molecule has 1 aromatic heterocycles. The fraction of sp³-hybridized carbons (Fsp3) is 0.765. The van der Waals surface area contributed by atoms with Crippen molar-refractivity contribution in [3.8, 4) is 0 Å². The lowest BCUT2D eigenvalue weighted by Crippen LogP contribution is -2.45. The molecule has 0 aromatic carbocycles. The molecule has 6 heteroatoms. The highest BCUT2D eigenvalue weighted by Crippen LogP contribution is 2.19. The molecule has 0 spiro atoms. The molecule has 23 heavy (non-hydrogen) atoms. The predicted octanol–water partition coefficient (Wildman–Crippen LogP) is 2.64. The maximum absolute atomic E-state index is 4.83. The number of likely N-dealkylation sites (tertiary alicyclic amines) is 1. The first-order valence-electron chi connectivity index (χ1n) is 8.71. The normalized spacial score (nSPS) is 19.3. The maximum atomic E-state index is 4.83. The van der Waals surface area contributed by atoms with Crippen LogP contribution in [-0.2, 0) is 6.54 Å². The summed E-state index contributed by atoms with van der Waals surface area (Å²) in [6.45, 7) is 13.5. The van der Waals surface area contributed by atoms with Crippen LogP contribution >= 0.6 is 11.3 Å². The lowest BCUT2D eigenvalue weighted by atomic mass is 10.2. The van der Waals surface area contributed by atoms with Gasteiger partial charge in [0.15, 0.2) is 5.96 Å². The van der Waals surface area contributed by atoms with Crippen molar-refractivity contribution < 1.29 is 0 Å². The Kier molecular flexibility index (Phi) is 6.84. The summed E-state index contributed by atoms with van der Waals surface area (Å²) in [7, 11) is 2.15. The number of aryl methyl sites for hydroxylation is 2. The number of nitrogens with one attached hydrogen (secondary N) is 1. The van der Waals surface area contributed by atoms with Crippen molar-refractivity contribution in [3.05, 3.63) is 15.6 Å². The molecule has 1 aromatic rings. The van der Waals surface area contributed by atoms with Gasteiger partial charge < -0.3 is 10.2 Å². The van der Waals surface area contributed by atoms with Crippen LogP contribution in [0.15, 0.2) is 4.99 Å². The van der Waals surface area contributed by atoms with E-state index in [2.05, 4.69) is 54.8 Å². The molecular formula is C17H31N5S. The summed E-state index contributed by atoms with van der Waals surface area (Å²) in [5.74, 6) is 1.00. The first-order valence-corrected chi connectivity index (χ1v) is 9.53. The average Bonchev–Trinajstić information content (AvgIpc) is 3.09. The van der Waals surface area contributed by atoms with Crippen LogP contribution in [-0.4, -0.2) is 60.0 Å². The Morgan fingerprint density at radius 2 is 2.22 bits per heavy atom. The number of thiazole rings is 1. The van der Waals surface area contributed by atoms with E-state index in [1.165, 1.54) is 24.3 Å². The minimum absolute atomic E-state index is 0.654. The summed E-state index contributed by atoms with van der Waals surface area (Å²) in [6, 6.07) is 0.654. The van der Waals surface area contributed by atoms with E-state index in [1.54, 1.807) is 11.3 Å². The second kappa shape index (κ2) is 8.64. The lowest BCUT2D eigenvalue weighted by Gasteiger charge is -2.29. The van der Waals surface area contributed by atoms with Crippen LogP contribution in [0.2, 0.25) is 0 Å². The minimum Gasteiger partial charge on any atom is -0.357 e. The molecule has 1 atom stereocenters.